The Labute approximate surface area is 116 Å². The van der Waals surface area contributed by atoms with Gasteiger partial charge in [-0.05, 0) is 48.2 Å². The molecule has 2 rings (SSSR count). The molecule has 100 valence electrons. The summed E-state index contributed by atoms with van der Waals surface area (Å²) in [6.07, 6.45) is 0.403. The van der Waals surface area contributed by atoms with Gasteiger partial charge in [0.15, 0.2) is 11.6 Å². The summed E-state index contributed by atoms with van der Waals surface area (Å²) >= 11 is 6.13. The third-order valence-corrected chi connectivity index (χ3v) is 3.32. The topological polar surface area (TPSA) is 26.0 Å². The van der Waals surface area contributed by atoms with Gasteiger partial charge in [0.05, 0.1) is 0 Å². The van der Waals surface area contributed by atoms with Crippen LogP contribution < -0.4 is 5.73 Å². The lowest BCUT2D eigenvalue weighted by Gasteiger charge is -2.14. The van der Waals surface area contributed by atoms with Gasteiger partial charge in [-0.25, -0.2) is 8.78 Å². The molecule has 0 bridgehead atoms. The fraction of sp³-hybridized carbons (Fsp3) is 0.200. The van der Waals surface area contributed by atoms with Gasteiger partial charge in [-0.1, -0.05) is 29.8 Å². The van der Waals surface area contributed by atoms with E-state index in [4.69, 9.17) is 17.3 Å². The molecule has 0 radical (unpaired) electrons. The van der Waals surface area contributed by atoms with Crippen LogP contribution in [0.2, 0.25) is 5.02 Å². The van der Waals surface area contributed by atoms with Crippen molar-refractivity contribution in [2.75, 3.05) is 0 Å². The molecule has 4 heteroatoms. The second-order valence-corrected chi connectivity index (χ2v) is 4.99. The smallest absolute Gasteiger partial charge is 0.159 e. The molecule has 2 N–H and O–H groups in total. The van der Waals surface area contributed by atoms with Crippen LogP contribution in [0.1, 0.15) is 22.7 Å². The molecule has 0 amide bonds. The summed E-state index contributed by atoms with van der Waals surface area (Å²) in [7, 11) is 0. The van der Waals surface area contributed by atoms with Crippen molar-refractivity contribution in [1.82, 2.24) is 0 Å². The highest BCUT2D eigenvalue weighted by Crippen LogP contribution is 2.25. The van der Waals surface area contributed by atoms with E-state index in [0.717, 1.165) is 23.3 Å². The number of aryl methyl sites for hydroxylation is 1. The Bertz CT molecular complexity index is 599. The van der Waals surface area contributed by atoms with Gasteiger partial charge in [0, 0.05) is 11.1 Å². The van der Waals surface area contributed by atoms with E-state index in [2.05, 4.69) is 0 Å². The summed E-state index contributed by atoms with van der Waals surface area (Å²) in [6.45, 7) is 1.94. The van der Waals surface area contributed by atoms with E-state index in [-0.39, 0.29) is 6.04 Å². The second-order valence-electron chi connectivity index (χ2n) is 4.58. The molecule has 0 spiro atoms. The van der Waals surface area contributed by atoms with Crippen molar-refractivity contribution in [1.29, 1.82) is 0 Å². The van der Waals surface area contributed by atoms with Crippen LogP contribution in [-0.2, 0) is 6.42 Å². The lowest BCUT2D eigenvalue weighted by atomic mass is 9.98. The zero-order valence-corrected chi connectivity index (χ0v) is 11.2. The Hall–Kier alpha value is -1.45. The van der Waals surface area contributed by atoms with E-state index in [1.165, 1.54) is 6.07 Å². The predicted octanol–water partition coefficient (Wildman–Crippen LogP) is 4.17. The minimum absolute atomic E-state index is 0.349. The molecule has 2 aromatic carbocycles. The maximum atomic E-state index is 13.1. The molecular weight excluding hydrogens is 268 g/mol. The number of halogens is 3. The van der Waals surface area contributed by atoms with Gasteiger partial charge in [-0.3, -0.25) is 0 Å². The molecule has 2 aromatic rings. The average Bonchev–Trinajstić information content (AvgIpc) is 2.33. The summed E-state index contributed by atoms with van der Waals surface area (Å²) in [5, 5.41) is 0.593. The Kier molecular flexibility index (Phi) is 4.17. The number of hydrogen-bond donors (Lipinski definition) is 1. The zero-order chi connectivity index (χ0) is 14.0. The normalized spacial score (nSPS) is 12.5. The number of rotatable bonds is 3. The fourth-order valence-corrected chi connectivity index (χ4v) is 2.34. The van der Waals surface area contributed by atoms with Crippen LogP contribution in [0, 0.1) is 18.6 Å². The first-order chi connectivity index (χ1) is 8.97. The number of hydrogen-bond acceptors (Lipinski definition) is 1. The van der Waals surface area contributed by atoms with Crippen LogP contribution in [0.15, 0.2) is 36.4 Å². The van der Waals surface area contributed by atoms with Crippen molar-refractivity contribution >= 4 is 11.6 Å². The van der Waals surface area contributed by atoms with Crippen molar-refractivity contribution in [3.63, 3.8) is 0 Å². The van der Waals surface area contributed by atoms with Crippen LogP contribution in [0.25, 0.3) is 0 Å². The van der Waals surface area contributed by atoms with Crippen molar-refractivity contribution in [2.45, 2.75) is 19.4 Å². The molecule has 1 nitrogen and oxygen atoms in total. The van der Waals surface area contributed by atoms with Gasteiger partial charge < -0.3 is 5.73 Å². The van der Waals surface area contributed by atoms with Crippen LogP contribution in [-0.4, -0.2) is 0 Å². The van der Waals surface area contributed by atoms with Gasteiger partial charge in [0.1, 0.15) is 0 Å². The number of benzene rings is 2. The summed E-state index contributed by atoms with van der Waals surface area (Å²) < 4.78 is 26.0. The Morgan fingerprint density at radius 2 is 1.84 bits per heavy atom. The summed E-state index contributed by atoms with van der Waals surface area (Å²) in [5.41, 5.74) is 8.56. The standard InChI is InChI=1S/C15H14ClF2N/c1-9-2-4-11(12(16)6-9)15(19)8-10-3-5-13(17)14(18)7-10/h2-7,15H,8,19H2,1H3. The van der Waals surface area contributed by atoms with E-state index in [1.54, 1.807) is 0 Å². The quantitative estimate of drug-likeness (QED) is 0.898. The molecule has 0 saturated carbocycles. The highest BCUT2D eigenvalue weighted by atomic mass is 35.5. The van der Waals surface area contributed by atoms with Gasteiger partial charge in [-0.2, -0.15) is 0 Å². The van der Waals surface area contributed by atoms with E-state index < -0.39 is 11.6 Å². The second kappa shape index (κ2) is 5.68. The van der Waals surface area contributed by atoms with Gasteiger partial charge in [0.25, 0.3) is 0 Å². The zero-order valence-electron chi connectivity index (χ0n) is 10.5. The van der Waals surface area contributed by atoms with E-state index in [1.807, 2.05) is 25.1 Å². The molecule has 0 aliphatic carbocycles. The average molecular weight is 282 g/mol. The first-order valence-electron chi connectivity index (χ1n) is 5.93. The molecule has 1 unspecified atom stereocenters. The minimum atomic E-state index is -0.861. The van der Waals surface area contributed by atoms with Crippen molar-refractivity contribution in [2.24, 2.45) is 5.73 Å². The van der Waals surface area contributed by atoms with Crippen molar-refractivity contribution in [3.05, 3.63) is 69.7 Å². The Morgan fingerprint density at radius 3 is 2.47 bits per heavy atom. The van der Waals surface area contributed by atoms with E-state index >= 15 is 0 Å². The van der Waals surface area contributed by atoms with Crippen molar-refractivity contribution < 1.29 is 8.78 Å². The monoisotopic (exact) mass is 281 g/mol. The minimum Gasteiger partial charge on any atom is -0.324 e. The Balaban J connectivity index is 2.20. The first kappa shape index (κ1) is 14.0. The van der Waals surface area contributed by atoms with Crippen molar-refractivity contribution in [3.8, 4) is 0 Å². The van der Waals surface area contributed by atoms with Gasteiger partial charge >= 0.3 is 0 Å². The first-order valence-corrected chi connectivity index (χ1v) is 6.30. The third-order valence-electron chi connectivity index (χ3n) is 3.00. The number of nitrogens with two attached hydrogens (primary N) is 1. The van der Waals surface area contributed by atoms with Crippen LogP contribution in [0.4, 0.5) is 8.78 Å². The molecule has 0 saturated heterocycles. The molecule has 0 aliphatic rings. The SMILES string of the molecule is Cc1ccc(C(N)Cc2ccc(F)c(F)c2)c(Cl)c1. The Morgan fingerprint density at radius 1 is 1.11 bits per heavy atom. The summed E-state index contributed by atoms with van der Waals surface area (Å²) in [4.78, 5) is 0. The highest BCUT2D eigenvalue weighted by Gasteiger charge is 2.12. The molecule has 19 heavy (non-hydrogen) atoms. The highest BCUT2D eigenvalue weighted by molar-refractivity contribution is 6.31. The maximum absolute atomic E-state index is 13.1. The molecule has 0 aliphatic heterocycles. The van der Waals surface area contributed by atoms with Gasteiger partial charge in [-0.15, -0.1) is 0 Å². The lowest BCUT2D eigenvalue weighted by Crippen LogP contribution is -2.14. The van der Waals surface area contributed by atoms with Crippen LogP contribution in [0.3, 0.4) is 0 Å². The lowest BCUT2D eigenvalue weighted by molar-refractivity contribution is 0.506. The summed E-state index contributed by atoms with van der Waals surface area (Å²) in [5.74, 6) is -1.72. The summed E-state index contributed by atoms with van der Waals surface area (Å²) in [6, 6.07) is 9.07. The van der Waals surface area contributed by atoms with Crippen LogP contribution in [0.5, 0.6) is 0 Å². The van der Waals surface area contributed by atoms with E-state index in [0.29, 0.717) is 17.0 Å². The molecule has 1 atom stereocenters. The molecular formula is C15H14ClF2N. The fourth-order valence-electron chi connectivity index (χ4n) is 1.96. The largest absolute Gasteiger partial charge is 0.324 e. The van der Waals surface area contributed by atoms with Gasteiger partial charge in [0.2, 0.25) is 0 Å². The predicted molar refractivity (Wildman–Crippen MR) is 73.2 cm³/mol. The molecule has 0 fully saturated rings. The molecule has 0 aromatic heterocycles. The third kappa shape index (κ3) is 3.31. The van der Waals surface area contributed by atoms with Crippen LogP contribution >= 0.6 is 11.6 Å². The molecule has 0 heterocycles. The van der Waals surface area contributed by atoms with E-state index in [9.17, 15) is 8.78 Å². The maximum Gasteiger partial charge on any atom is 0.159 e.